The second kappa shape index (κ2) is 12.0. The van der Waals surface area contributed by atoms with Crippen LogP contribution in [0.1, 0.15) is 40.5 Å². The molecule has 0 aliphatic heterocycles. The molecule has 6 unspecified atom stereocenters. The largest absolute Gasteiger partial charge is 0.481 e. The van der Waals surface area contributed by atoms with Gasteiger partial charge >= 0.3 is 11.9 Å². The lowest BCUT2D eigenvalue weighted by atomic mass is 9.98. The monoisotopic (exact) mass is 418 g/mol. The summed E-state index contributed by atoms with van der Waals surface area (Å²) in [5.74, 6) is -5.56. The smallest absolute Gasteiger partial charge is 0.326 e. The Kier molecular flexibility index (Phi) is 10.8. The number of rotatable bonds is 12. The molecule has 0 saturated carbocycles. The first-order valence-corrected chi connectivity index (χ1v) is 9.11. The fraction of sp³-hybridized carbons (Fsp3) is 0.706. The van der Waals surface area contributed by atoms with Crippen molar-refractivity contribution >= 4 is 29.7 Å². The normalized spacial score (nSPS) is 17.0. The first-order valence-electron chi connectivity index (χ1n) is 9.11. The van der Waals surface area contributed by atoms with Crippen molar-refractivity contribution < 1.29 is 39.3 Å². The molecule has 8 N–H and O–H groups in total. The van der Waals surface area contributed by atoms with Gasteiger partial charge in [-0.3, -0.25) is 19.2 Å². The Labute approximate surface area is 168 Å². The van der Waals surface area contributed by atoms with E-state index in [4.69, 9.17) is 10.8 Å². The summed E-state index contributed by atoms with van der Waals surface area (Å²) in [6.45, 7) is 5.89. The zero-order chi connectivity index (χ0) is 22.9. The number of carbonyl (C=O) groups excluding carboxylic acids is 3. The quantitative estimate of drug-likeness (QED) is 0.183. The number of hydrogen-bond acceptors (Lipinski definition) is 7. The minimum Gasteiger partial charge on any atom is -0.481 e. The van der Waals surface area contributed by atoms with Gasteiger partial charge < -0.3 is 37.0 Å². The molecule has 0 aromatic carbocycles. The third kappa shape index (κ3) is 8.87. The molecule has 0 aromatic rings. The number of nitrogens with one attached hydrogen (secondary N) is 3. The minimum atomic E-state index is -1.47. The molecule has 0 fully saturated rings. The van der Waals surface area contributed by atoms with Gasteiger partial charge in [-0.05, 0) is 19.8 Å². The second-order valence-electron chi connectivity index (χ2n) is 6.87. The van der Waals surface area contributed by atoms with E-state index >= 15 is 0 Å². The maximum Gasteiger partial charge on any atom is 0.326 e. The van der Waals surface area contributed by atoms with Crippen molar-refractivity contribution in [2.24, 2.45) is 11.7 Å². The van der Waals surface area contributed by atoms with Gasteiger partial charge in [0, 0.05) is 0 Å². The Morgan fingerprint density at radius 2 is 1.38 bits per heavy atom. The van der Waals surface area contributed by atoms with Crippen LogP contribution in [0.15, 0.2) is 0 Å². The number of aliphatic hydroxyl groups is 1. The van der Waals surface area contributed by atoms with Crippen molar-refractivity contribution in [1.82, 2.24) is 16.0 Å². The molecule has 0 saturated heterocycles. The molecule has 166 valence electrons. The van der Waals surface area contributed by atoms with E-state index in [1.807, 2.05) is 0 Å². The lowest BCUT2D eigenvalue weighted by Gasteiger charge is -2.26. The highest BCUT2D eigenvalue weighted by molar-refractivity contribution is 5.94. The molecule has 0 aromatic heterocycles. The number of amides is 3. The first-order chi connectivity index (χ1) is 13.3. The summed E-state index contributed by atoms with van der Waals surface area (Å²) in [4.78, 5) is 58.4. The Morgan fingerprint density at radius 3 is 1.79 bits per heavy atom. The van der Waals surface area contributed by atoms with Crippen LogP contribution in [-0.4, -0.2) is 75.3 Å². The Balaban J connectivity index is 5.07. The van der Waals surface area contributed by atoms with Crippen LogP contribution in [0.4, 0.5) is 0 Å². The maximum absolute atomic E-state index is 12.4. The predicted octanol–water partition coefficient (Wildman–Crippen LogP) is -2.23. The number of carboxylic acids is 2. The van der Waals surface area contributed by atoms with E-state index in [0.717, 1.165) is 0 Å². The highest BCUT2D eigenvalue weighted by atomic mass is 16.4. The highest BCUT2D eigenvalue weighted by Crippen LogP contribution is 2.09. The summed E-state index contributed by atoms with van der Waals surface area (Å²) < 4.78 is 0. The number of aliphatic hydroxyl groups excluding tert-OH is 1. The number of carboxylic acid groups (broad SMARTS) is 2. The van der Waals surface area contributed by atoms with Crippen molar-refractivity contribution in [3.05, 3.63) is 0 Å². The van der Waals surface area contributed by atoms with Crippen LogP contribution in [0.2, 0.25) is 0 Å². The van der Waals surface area contributed by atoms with E-state index in [1.54, 1.807) is 13.8 Å². The van der Waals surface area contributed by atoms with E-state index in [1.165, 1.54) is 13.8 Å². The average molecular weight is 418 g/mol. The van der Waals surface area contributed by atoms with Crippen LogP contribution in [-0.2, 0) is 24.0 Å². The van der Waals surface area contributed by atoms with Gasteiger partial charge in [-0.25, -0.2) is 4.79 Å². The molecule has 0 aliphatic carbocycles. The second-order valence-corrected chi connectivity index (χ2v) is 6.87. The first kappa shape index (κ1) is 26.3. The number of aliphatic carboxylic acids is 2. The van der Waals surface area contributed by atoms with Gasteiger partial charge in [-0.1, -0.05) is 20.3 Å². The lowest BCUT2D eigenvalue weighted by Crippen LogP contribution is -2.60. The molecule has 0 rings (SSSR count). The van der Waals surface area contributed by atoms with Crippen LogP contribution in [0.25, 0.3) is 0 Å². The summed E-state index contributed by atoms with van der Waals surface area (Å²) in [6.07, 6.45) is -1.52. The lowest BCUT2D eigenvalue weighted by molar-refractivity contribution is -0.144. The van der Waals surface area contributed by atoms with Crippen molar-refractivity contribution in [3.8, 4) is 0 Å². The zero-order valence-corrected chi connectivity index (χ0v) is 16.8. The van der Waals surface area contributed by atoms with E-state index in [9.17, 15) is 34.2 Å². The van der Waals surface area contributed by atoms with Gasteiger partial charge in [0.25, 0.3) is 0 Å². The molecule has 29 heavy (non-hydrogen) atoms. The summed E-state index contributed by atoms with van der Waals surface area (Å²) in [5, 5.41) is 34.5. The molecular weight excluding hydrogens is 388 g/mol. The molecule has 6 atom stereocenters. The van der Waals surface area contributed by atoms with E-state index < -0.39 is 72.3 Å². The molecular formula is C17H30N4O8. The number of hydrogen-bond donors (Lipinski definition) is 7. The Bertz CT molecular complexity index is 625. The molecule has 0 heterocycles. The molecule has 3 amide bonds. The van der Waals surface area contributed by atoms with E-state index in [0.29, 0.717) is 6.42 Å². The summed E-state index contributed by atoms with van der Waals surface area (Å²) in [6, 6.07) is -5.25. The molecule has 0 aliphatic rings. The van der Waals surface area contributed by atoms with Crippen molar-refractivity contribution in [3.63, 3.8) is 0 Å². The predicted molar refractivity (Wildman–Crippen MR) is 100 cm³/mol. The fourth-order valence-corrected chi connectivity index (χ4v) is 2.28. The van der Waals surface area contributed by atoms with Crippen molar-refractivity contribution in [1.29, 1.82) is 0 Å². The van der Waals surface area contributed by atoms with Crippen LogP contribution in [0, 0.1) is 5.92 Å². The number of carbonyl (C=O) groups is 5. The maximum atomic E-state index is 12.4. The average Bonchev–Trinajstić information content (AvgIpc) is 2.61. The third-order valence-electron chi connectivity index (χ3n) is 4.32. The van der Waals surface area contributed by atoms with Crippen LogP contribution < -0.4 is 21.7 Å². The van der Waals surface area contributed by atoms with Crippen molar-refractivity contribution in [2.75, 3.05) is 0 Å². The Morgan fingerprint density at radius 1 is 0.862 bits per heavy atom. The van der Waals surface area contributed by atoms with Crippen LogP contribution in [0.3, 0.4) is 0 Å². The van der Waals surface area contributed by atoms with Gasteiger partial charge in [-0.2, -0.15) is 0 Å². The standard InChI is InChI=1S/C17H30N4O8/c1-5-7(2)12(17(28)29)20-16(27)13(9(4)22)21-14(25)8(3)19-15(26)10(18)6-11(23)24/h7-10,12-13,22H,5-6,18H2,1-4H3,(H,19,26)(H,20,27)(H,21,25)(H,23,24)(H,28,29). The van der Waals surface area contributed by atoms with E-state index in [-0.39, 0.29) is 0 Å². The molecule has 0 radical (unpaired) electrons. The van der Waals surface area contributed by atoms with Crippen LogP contribution in [0.5, 0.6) is 0 Å². The van der Waals surface area contributed by atoms with E-state index in [2.05, 4.69) is 16.0 Å². The van der Waals surface area contributed by atoms with Gasteiger partial charge in [-0.15, -0.1) is 0 Å². The summed E-state index contributed by atoms with van der Waals surface area (Å²) in [7, 11) is 0. The zero-order valence-electron chi connectivity index (χ0n) is 16.8. The SMILES string of the molecule is CCC(C)C(NC(=O)C(NC(=O)C(C)NC(=O)C(N)CC(=O)O)C(C)O)C(=O)O. The Hall–Kier alpha value is -2.73. The van der Waals surface area contributed by atoms with Gasteiger partial charge in [0.05, 0.1) is 18.6 Å². The van der Waals surface area contributed by atoms with Gasteiger partial charge in [0.15, 0.2) is 0 Å². The van der Waals surface area contributed by atoms with Crippen LogP contribution >= 0.6 is 0 Å². The topological polar surface area (TPSA) is 208 Å². The number of nitrogens with two attached hydrogens (primary N) is 1. The molecule has 0 bridgehead atoms. The summed E-state index contributed by atoms with van der Waals surface area (Å²) in [5.41, 5.74) is 5.40. The molecule has 0 spiro atoms. The molecule has 12 nitrogen and oxygen atoms in total. The van der Waals surface area contributed by atoms with Gasteiger partial charge in [0.1, 0.15) is 18.1 Å². The highest BCUT2D eigenvalue weighted by Gasteiger charge is 2.33. The fourth-order valence-electron chi connectivity index (χ4n) is 2.28. The summed E-state index contributed by atoms with van der Waals surface area (Å²) >= 11 is 0. The van der Waals surface area contributed by atoms with Gasteiger partial charge in [0.2, 0.25) is 17.7 Å². The minimum absolute atomic E-state index is 0.393. The van der Waals surface area contributed by atoms with Crippen molar-refractivity contribution in [2.45, 2.75) is 70.8 Å². The molecule has 12 heteroatoms. The third-order valence-corrected chi connectivity index (χ3v) is 4.32.